The van der Waals surface area contributed by atoms with Crippen molar-refractivity contribution >= 4 is 17.7 Å². The Balaban J connectivity index is 2.57. The van der Waals surface area contributed by atoms with E-state index in [4.69, 9.17) is 5.11 Å². The molecule has 2 N–H and O–H groups in total. The third kappa shape index (κ3) is 2.08. The van der Waals surface area contributed by atoms with Crippen molar-refractivity contribution in [2.24, 2.45) is 0 Å². The topological polar surface area (TPSA) is 78.9 Å². The number of hydrogen-bond donors (Lipinski definition) is 2. The second kappa shape index (κ2) is 3.20. The van der Waals surface area contributed by atoms with E-state index < -0.39 is 5.97 Å². The summed E-state index contributed by atoms with van der Waals surface area (Å²) >= 11 is 0.935. The van der Waals surface area contributed by atoms with Crippen LogP contribution in [-0.4, -0.2) is 26.3 Å². The van der Waals surface area contributed by atoms with E-state index >= 15 is 0 Å². The van der Waals surface area contributed by atoms with E-state index in [1.807, 2.05) is 0 Å². The molecule has 1 heterocycles. The molecule has 0 radical (unpaired) electrons. The SMILES string of the molecule is C=C(Sc1ncn[nH]1)C(=O)O. The number of aliphatic carboxylic acids is 1. The molecule has 0 spiro atoms. The Labute approximate surface area is 66.5 Å². The lowest BCUT2D eigenvalue weighted by atomic mass is 10.7. The van der Waals surface area contributed by atoms with Crippen molar-refractivity contribution in [1.82, 2.24) is 15.2 Å². The molecule has 0 bridgehead atoms. The molecular formula is C5H5N3O2S. The van der Waals surface area contributed by atoms with E-state index in [1.54, 1.807) is 0 Å². The number of nitrogens with one attached hydrogen (secondary N) is 1. The standard InChI is InChI=1S/C5H5N3O2S/c1-3(4(9)10)11-5-6-2-7-8-5/h2H,1H2,(H,9,10)(H,6,7,8). The molecule has 5 nitrogen and oxygen atoms in total. The van der Waals surface area contributed by atoms with Crippen LogP contribution in [0.3, 0.4) is 0 Å². The Hall–Kier alpha value is -1.30. The number of thioether (sulfide) groups is 1. The molecule has 0 fully saturated rings. The zero-order valence-electron chi connectivity index (χ0n) is 5.44. The first-order chi connectivity index (χ1) is 5.20. The monoisotopic (exact) mass is 171 g/mol. The Kier molecular flexibility index (Phi) is 2.27. The van der Waals surface area contributed by atoms with Crippen molar-refractivity contribution in [1.29, 1.82) is 0 Å². The lowest BCUT2D eigenvalue weighted by molar-refractivity contribution is -0.131. The van der Waals surface area contributed by atoms with Crippen LogP contribution in [0, 0.1) is 0 Å². The average molecular weight is 171 g/mol. The van der Waals surface area contributed by atoms with Gasteiger partial charge in [0.05, 0.1) is 4.91 Å². The first-order valence-electron chi connectivity index (χ1n) is 2.65. The average Bonchev–Trinajstić information content (AvgIpc) is 2.39. The van der Waals surface area contributed by atoms with Crippen LogP contribution >= 0.6 is 11.8 Å². The van der Waals surface area contributed by atoms with Crippen LogP contribution in [0.4, 0.5) is 0 Å². The zero-order chi connectivity index (χ0) is 8.27. The molecule has 6 heteroatoms. The van der Waals surface area contributed by atoms with Gasteiger partial charge in [-0.15, -0.1) is 0 Å². The summed E-state index contributed by atoms with van der Waals surface area (Å²) in [5, 5.41) is 14.9. The van der Waals surface area contributed by atoms with Crippen LogP contribution in [-0.2, 0) is 4.79 Å². The van der Waals surface area contributed by atoms with E-state index in [9.17, 15) is 4.79 Å². The van der Waals surface area contributed by atoms with Gasteiger partial charge in [0.15, 0.2) is 5.16 Å². The predicted molar refractivity (Wildman–Crippen MR) is 39.0 cm³/mol. The third-order valence-electron chi connectivity index (χ3n) is 0.851. The lowest BCUT2D eigenvalue weighted by Gasteiger charge is -1.92. The highest BCUT2D eigenvalue weighted by molar-refractivity contribution is 8.03. The van der Waals surface area contributed by atoms with Gasteiger partial charge < -0.3 is 5.11 Å². The number of carboxylic acid groups (broad SMARTS) is 1. The van der Waals surface area contributed by atoms with Crippen LogP contribution in [0.2, 0.25) is 0 Å². The summed E-state index contributed by atoms with van der Waals surface area (Å²) in [4.78, 5) is 14.0. The molecule has 0 aliphatic carbocycles. The highest BCUT2D eigenvalue weighted by Crippen LogP contribution is 2.19. The second-order valence-electron chi connectivity index (χ2n) is 1.62. The van der Waals surface area contributed by atoms with Crippen molar-refractivity contribution in [3.05, 3.63) is 17.8 Å². The highest BCUT2D eigenvalue weighted by atomic mass is 32.2. The zero-order valence-corrected chi connectivity index (χ0v) is 6.26. The minimum Gasteiger partial charge on any atom is -0.477 e. The Morgan fingerprint density at radius 3 is 3.00 bits per heavy atom. The maximum atomic E-state index is 10.2. The van der Waals surface area contributed by atoms with Gasteiger partial charge in [-0.3, -0.25) is 5.10 Å². The lowest BCUT2D eigenvalue weighted by Crippen LogP contribution is -1.94. The number of nitrogens with zero attached hydrogens (tertiary/aromatic N) is 2. The van der Waals surface area contributed by atoms with E-state index in [0.717, 1.165) is 11.8 Å². The van der Waals surface area contributed by atoms with Crippen molar-refractivity contribution in [2.45, 2.75) is 5.16 Å². The number of carboxylic acids is 1. The van der Waals surface area contributed by atoms with Crippen LogP contribution in [0.15, 0.2) is 23.0 Å². The summed E-state index contributed by atoms with van der Waals surface area (Å²) in [6.45, 7) is 3.30. The molecule has 0 amide bonds. The Bertz CT molecular complexity index is 269. The molecule has 0 aromatic carbocycles. The van der Waals surface area contributed by atoms with Crippen LogP contribution in [0.1, 0.15) is 0 Å². The number of aromatic amines is 1. The van der Waals surface area contributed by atoms with Crippen LogP contribution in [0.25, 0.3) is 0 Å². The number of H-pyrrole nitrogens is 1. The second-order valence-corrected chi connectivity index (χ2v) is 2.70. The van der Waals surface area contributed by atoms with Gasteiger partial charge in [0.2, 0.25) is 0 Å². The number of aromatic nitrogens is 3. The van der Waals surface area contributed by atoms with Gasteiger partial charge in [-0.2, -0.15) is 5.10 Å². The normalized spacial score (nSPS) is 9.45. The smallest absolute Gasteiger partial charge is 0.342 e. The number of carbonyl (C=O) groups is 1. The van der Waals surface area contributed by atoms with Crippen molar-refractivity contribution < 1.29 is 9.90 Å². The first kappa shape index (κ1) is 7.80. The quantitative estimate of drug-likeness (QED) is 0.511. The molecule has 0 unspecified atom stereocenters. The van der Waals surface area contributed by atoms with E-state index in [2.05, 4.69) is 21.8 Å². The van der Waals surface area contributed by atoms with Gasteiger partial charge >= 0.3 is 5.97 Å². The predicted octanol–water partition coefficient (Wildman–Crippen LogP) is 0.495. The molecule has 0 saturated carbocycles. The van der Waals surface area contributed by atoms with Gasteiger partial charge in [0.1, 0.15) is 6.33 Å². The summed E-state index contributed by atoms with van der Waals surface area (Å²) in [7, 11) is 0. The van der Waals surface area contributed by atoms with E-state index in [0.29, 0.717) is 5.16 Å². The fraction of sp³-hybridized carbons (Fsp3) is 0. The van der Waals surface area contributed by atoms with Crippen molar-refractivity contribution in [3.63, 3.8) is 0 Å². The third-order valence-corrected chi connectivity index (χ3v) is 1.66. The van der Waals surface area contributed by atoms with E-state index in [1.165, 1.54) is 6.33 Å². The maximum absolute atomic E-state index is 10.2. The minimum absolute atomic E-state index is 0.0155. The molecule has 0 aliphatic rings. The molecule has 11 heavy (non-hydrogen) atoms. The summed E-state index contributed by atoms with van der Waals surface area (Å²) in [5.41, 5.74) is 0. The summed E-state index contributed by atoms with van der Waals surface area (Å²) < 4.78 is 0. The maximum Gasteiger partial charge on any atom is 0.342 e. The fourth-order valence-corrected chi connectivity index (χ4v) is 0.923. The van der Waals surface area contributed by atoms with Gasteiger partial charge in [-0.1, -0.05) is 6.58 Å². The van der Waals surface area contributed by atoms with Crippen molar-refractivity contribution in [2.75, 3.05) is 0 Å². The first-order valence-corrected chi connectivity index (χ1v) is 3.47. The number of rotatable bonds is 3. The summed E-state index contributed by atoms with van der Waals surface area (Å²) in [6.07, 6.45) is 1.30. The van der Waals surface area contributed by atoms with Gasteiger partial charge in [-0.25, -0.2) is 9.78 Å². The molecule has 0 saturated heterocycles. The van der Waals surface area contributed by atoms with Crippen molar-refractivity contribution in [3.8, 4) is 0 Å². The number of hydrogen-bond acceptors (Lipinski definition) is 4. The molecular weight excluding hydrogens is 166 g/mol. The Morgan fingerprint density at radius 2 is 2.55 bits per heavy atom. The molecule has 58 valence electrons. The molecule has 1 aromatic rings. The summed E-state index contributed by atoms with van der Waals surface area (Å²) in [6, 6.07) is 0. The summed E-state index contributed by atoms with van der Waals surface area (Å²) in [5.74, 6) is -1.05. The van der Waals surface area contributed by atoms with Gasteiger partial charge in [0, 0.05) is 0 Å². The largest absolute Gasteiger partial charge is 0.477 e. The highest BCUT2D eigenvalue weighted by Gasteiger charge is 2.07. The molecule has 0 aliphatic heterocycles. The van der Waals surface area contributed by atoms with Crippen LogP contribution < -0.4 is 0 Å². The molecule has 0 atom stereocenters. The van der Waals surface area contributed by atoms with Gasteiger partial charge in [0.25, 0.3) is 0 Å². The van der Waals surface area contributed by atoms with Gasteiger partial charge in [-0.05, 0) is 11.8 Å². The van der Waals surface area contributed by atoms with E-state index in [-0.39, 0.29) is 4.91 Å². The minimum atomic E-state index is -1.05. The molecule has 1 aromatic heterocycles. The molecule has 1 rings (SSSR count). The fourth-order valence-electron chi connectivity index (χ4n) is 0.404. The Morgan fingerprint density at radius 1 is 1.82 bits per heavy atom. The van der Waals surface area contributed by atoms with Crippen LogP contribution in [0.5, 0.6) is 0 Å².